The largest absolute Gasteiger partial charge is 0.497 e. The molecule has 1 aliphatic carbocycles. The summed E-state index contributed by atoms with van der Waals surface area (Å²) in [5, 5.41) is 2.57. The van der Waals surface area contributed by atoms with Crippen LogP contribution in [0.5, 0.6) is 5.75 Å². The Hall–Kier alpha value is -3.16. The number of carbonyl (C=O) groups excluding carboxylic acids is 4. The normalized spacial score (nSPS) is 20.9. The monoisotopic (exact) mass is 427 g/mol. The van der Waals surface area contributed by atoms with Crippen LogP contribution in [0.1, 0.15) is 31.7 Å². The number of imide groups is 1. The summed E-state index contributed by atoms with van der Waals surface area (Å²) in [6.07, 6.45) is 4.97. The molecule has 4 amide bonds. The third kappa shape index (κ3) is 4.78. The lowest BCUT2D eigenvalue weighted by molar-refractivity contribution is -0.143. The van der Waals surface area contributed by atoms with Crippen molar-refractivity contribution in [1.82, 2.24) is 15.1 Å². The van der Waals surface area contributed by atoms with Crippen LogP contribution in [0.25, 0.3) is 0 Å². The molecule has 0 saturated carbocycles. The first kappa shape index (κ1) is 22.5. The number of allylic oxidation sites excluding steroid dienone is 2. The van der Waals surface area contributed by atoms with Gasteiger partial charge in [-0.2, -0.15) is 0 Å². The van der Waals surface area contributed by atoms with Crippen molar-refractivity contribution >= 4 is 23.6 Å². The predicted octanol–water partition coefficient (Wildman–Crippen LogP) is 1.50. The second kappa shape index (κ2) is 9.76. The molecular weight excluding hydrogens is 398 g/mol. The first-order valence-corrected chi connectivity index (χ1v) is 10.5. The number of ether oxygens (including phenoxy) is 1. The van der Waals surface area contributed by atoms with E-state index in [1.807, 2.05) is 24.3 Å². The molecule has 0 radical (unpaired) electrons. The molecule has 3 rings (SSSR count). The number of nitrogens with one attached hydrogen (secondary N) is 1. The first-order valence-electron chi connectivity index (χ1n) is 10.5. The Balaban J connectivity index is 1.69. The van der Waals surface area contributed by atoms with Crippen molar-refractivity contribution in [1.29, 1.82) is 0 Å². The highest BCUT2D eigenvalue weighted by Gasteiger charge is 2.47. The molecule has 166 valence electrons. The third-order valence-corrected chi connectivity index (χ3v) is 6.07. The minimum Gasteiger partial charge on any atom is -0.497 e. The lowest BCUT2D eigenvalue weighted by Gasteiger charge is -2.29. The van der Waals surface area contributed by atoms with E-state index in [1.165, 1.54) is 16.8 Å². The van der Waals surface area contributed by atoms with E-state index in [2.05, 4.69) is 5.32 Å². The van der Waals surface area contributed by atoms with E-state index in [1.54, 1.807) is 26.2 Å². The van der Waals surface area contributed by atoms with E-state index >= 15 is 0 Å². The molecule has 0 bridgehead atoms. The predicted molar refractivity (Wildman–Crippen MR) is 114 cm³/mol. The molecule has 1 fully saturated rings. The summed E-state index contributed by atoms with van der Waals surface area (Å²) in [4.78, 5) is 53.3. The molecule has 0 aromatic heterocycles. The highest BCUT2D eigenvalue weighted by Crippen LogP contribution is 2.35. The molecule has 1 aliphatic heterocycles. The Morgan fingerprint density at radius 3 is 2.23 bits per heavy atom. The number of methoxy groups -OCH3 is 1. The van der Waals surface area contributed by atoms with Crippen LogP contribution in [0, 0.1) is 11.8 Å². The van der Waals surface area contributed by atoms with E-state index in [0.717, 1.165) is 5.56 Å². The number of likely N-dealkylation sites (N-methyl/N-ethyl adjacent to an activating group) is 1. The number of benzene rings is 1. The molecule has 3 atom stereocenters. The van der Waals surface area contributed by atoms with Gasteiger partial charge in [0.25, 0.3) is 0 Å². The smallest absolute Gasteiger partial charge is 0.242 e. The first-order chi connectivity index (χ1) is 14.9. The Morgan fingerprint density at radius 2 is 1.71 bits per heavy atom. The third-order valence-electron chi connectivity index (χ3n) is 6.07. The fourth-order valence-electron chi connectivity index (χ4n) is 4.16. The Bertz CT molecular complexity index is 854. The maximum atomic E-state index is 13.1. The van der Waals surface area contributed by atoms with Crippen LogP contribution < -0.4 is 10.1 Å². The number of hydrogen-bond donors (Lipinski definition) is 1. The fourth-order valence-corrected chi connectivity index (χ4v) is 4.16. The number of fused-ring (bicyclic) bond motifs is 1. The van der Waals surface area contributed by atoms with Gasteiger partial charge < -0.3 is 15.0 Å². The van der Waals surface area contributed by atoms with Crippen molar-refractivity contribution in [3.05, 3.63) is 42.0 Å². The Morgan fingerprint density at radius 1 is 1.13 bits per heavy atom. The maximum absolute atomic E-state index is 13.1. The number of nitrogens with zero attached hydrogens (tertiary/aromatic N) is 2. The average Bonchev–Trinajstić information content (AvgIpc) is 3.05. The SMILES string of the molecule is CNC(=O)[C@@H](C)N(Cc1ccc(OC)cc1)C(=O)CCN1C(=O)[C@H]2CC=CC[C@H]2C1=O. The van der Waals surface area contributed by atoms with Crippen LogP contribution >= 0.6 is 0 Å². The summed E-state index contributed by atoms with van der Waals surface area (Å²) >= 11 is 0. The molecule has 0 unspecified atom stereocenters. The summed E-state index contributed by atoms with van der Waals surface area (Å²) in [5.41, 5.74) is 0.843. The van der Waals surface area contributed by atoms with E-state index < -0.39 is 6.04 Å². The van der Waals surface area contributed by atoms with Gasteiger partial charge in [0.1, 0.15) is 11.8 Å². The summed E-state index contributed by atoms with van der Waals surface area (Å²) in [5.74, 6) is -0.905. The summed E-state index contributed by atoms with van der Waals surface area (Å²) in [6, 6.07) is 6.55. The van der Waals surface area contributed by atoms with Crippen molar-refractivity contribution in [2.24, 2.45) is 11.8 Å². The zero-order valence-corrected chi connectivity index (χ0v) is 18.2. The van der Waals surface area contributed by atoms with Gasteiger partial charge >= 0.3 is 0 Å². The van der Waals surface area contributed by atoms with Crippen LogP contribution in [0.2, 0.25) is 0 Å². The number of hydrogen-bond acceptors (Lipinski definition) is 5. The molecule has 2 aliphatic rings. The summed E-state index contributed by atoms with van der Waals surface area (Å²) in [6.45, 7) is 1.92. The van der Waals surface area contributed by atoms with Gasteiger partial charge in [-0.15, -0.1) is 0 Å². The molecule has 8 nitrogen and oxygen atoms in total. The molecule has 1 aromatic rings. The summed E-state index contributed by atoms with van der Waals surface area (Å²) in [7, 11) is 3.10. The van der Waals surface area contributed by atoms with Gasteiger partial charge in [0.2, 0.25) is 23.6 Å². The van der Waals surface area contributed by atoms with E-state index in [9.17, 15) is 19.2 Å². The van der Waals surface area contributed by atoms with Gasteiger partial charge in [0.15, 0.2) is 0 Å². The number of likely N-dealkylation sites (tertiary alicyclic amines) is 1. The molecule has 31 heavy (non-hydrogen) atoms. The van der Waals surface area contributed by atoms with Crippen molar-refractivity contribution in [2.75, 3.05) is 20.7 Å². The van der Waals surface area contributed by atoms with Crippen LogP contribution in [0.4, 0.5) is 0 Å². The highest BCUT2D eigenvalue weighted by molar-refractivity contribution is 6.05. The zero-order valence-electron chi connectivity index (χ0n) is 18.2. The van der Waals surface area contributed by atoms with Crippen LogP contribution in [0.3, 0.4) is 0 Å². The number of amides is 4. The molecule has 0 spiro atoms. The second-order valence-corrected chi connectivity index (χ2v) is 7.89. The molecule has 8 heteroatoms. The van der Waals surface area contributed by atoms with Gasteiger partial charge in [-0.1, -0.05) is 24.3 Å². The van der Waals surface area contributed by atoms with Crippen LogP contribution in [-0.2, 0) is 25.7 Å². The molecule has 1 N–H and O–H groups in total. The number of carbonyl (C=O) groups is 4. The highest BCUT2D eigenvalue weighted by atomic mass is 16.5. The molecular formula is C23H29N3O5. The van der Waals surface area contributed by atoms with Gasteiger partial charge in [0, 0.05) is 26.6 Å². The van der Waals surface area contributed by atoms with Crippen LogP contribution in [0.15, 0.2) is 36.4 Å². The number of rotatable bonds is 8. The van der Waals surface area contributed by atoms with Crippen molar-refractivity contribution < 1.29 is 23.9 Å². The van der Waals surface area contributed by atoms with Crippen molar-refractivity contribution in [3.63, 3.8) is 0 Å². The lowest BCUT2D eigenvalue weighted by atomic mass is 9.85. The van der Waals surface area contributed by atoms with Crippen molar-refractivity contribution in [2.45, 2.75) is 38.8 Å². The van der Waals surface area contributed by atoms with Crippen molar-refractivity contribution in [3.8, 4) is 5.75 Å². The quantitative estimate of drug-likeness (QED) is 0.501. The van der Waals surface area contributed by atoms with Gasteiger partial charge in [-0.3, -0.25) is 24.1 Å². The molecule has 1 aromatic carbocycles. The van der Waals surface area contributed by atoms with Gasteiger partial charge in [-0.25, -0.2) is 0 Å². The minimum atomic E-state index is -0.698. The van der Waals surface area contributed by atoms with Crippen LogP contribution in [-0.4, -0.2) is 60.2 Å². The molecule has 1 saturated heterocycles. The minimum absolute atomic E-state index is 0.0260. The fraction of sp³-hybridized carbons (Fsp3) is 0.478. The standard InChI is InChI=1S/C23H29N3O5/c1-15(21(28)24-2)26(14-16-8-10-17(31-3)11-9-16)20(27)12-13-25-22(29)18-6-4-5-7-19(18)23(25)30/h4-5,8-11,15,18-19H,6-7,12-14H2,1-3H3,(H,24,28)/t15-,18-,19+/m1/s1. The zero-order chi connectivity index (χ0) is 22.5. The van der Waals surface area contributed by atoms with Gasteiger partial charge in [-0.05, 0) is 37.5 Å². The Kier molecular flexibility index (Phi) is 7.09. The summed E-state index contributed by atoms with van der Waals surface area (Å²) < 4.78 is 5.16. The van der Waals surface area contributed by atoms with E-state index in [-0.39, 0.29) is 55.0 Å². The average molecular weight is 428 g/mol. The maximum Gasteiger partial charge on any atom is 0.242 e. The second-order valence-electron chi connectivity index (χ2n) is 7.89. The molecule has 1 heterocycles. The van der Waals surface area contributed by atoms with Gasteiger partial charge in [0.05, 0.1) is 18.9 Å². The van der Waals surface area contributed by atoms with E-state index in [4.69, 9.17) is 4.74 Å². The van der Waals surface area contributed by atoms with E-state index in [0.29, 0.717) is 18.6 Å². The Labute approximate surface area is 182 Å². The topological polar surface area (TPSA) is 96.0 Å². The lowest BCUT2D eigenvalue weighted by Crippen LogP contribution is -2.47.